The quantitative estimate of drug-likeness (QED) is 0.387. The van der Waals surface area contributed by atoms with Crippen molar-refractivity contribution in [1.82, 2.24) is 25.4 Å². The number of aromatic nitrogens is 3. The Hall–Kier alpha value is -3.42. The van der Waals surface area contributed by atoms with E-state index >= 15 is 0 Å². The lowest BCUT2D eigenvalue weighted by atomic mass is 10.1. The van der Waals surface area contributed by atoms with Crippen LogP contribution in [0.1, 0.15) is 23.9 Å². The SMILES string of the molecule is CCc1nncn1CCNC(=NCc1ccc(F)cc1)NCCc1ccc(OC)cc1. The van der Waals surface area contributed by atoms with Gasteiger partial charge in [0.1, 0.15) is 23.7 Å². The van der Waals surface area contributed by atoms with Crippen molar-refractivity contribution in [2.24, 2.45) is 4.99 Å². The van der Waals surface area contributed by atoms with E-state index in [1.807, 2.05) is 16.7 Å². The van der Waals surface area contributed by atoms with E-state index in [0.717, 1.165) is 43.1 Å². The second-order valence-corrected chi connectivity index (χ2v) is 7.04. The predicted molar refractivity (Wildman–Crippen MR) is 120 cm³/mol. The molecule has 31 heavy (non-hydrogen) atoms. The zero-order chi connectivity index (χ0) is 21.9. The van der Waals surface area contributed by atoms with Gasteiger partial charge in [-0.3, -0.25) is 0 Å². The summed E-state index contributed by atoms with van der Waals surface area (Å²) in [5.74, 6) is 2.27. The molecule has 0 aliphatic rings. The van der Waals surface area contributed by atoms with Crippen molar-refractivity contribution in [3.63, 3.8) is 0 Å². The van der Waals surface area contributed by atoms with Crippen molar-refractivity contribution in [1.29, 1.82) is 0 Å². The number of benzene rings is 2. The Balaban J connectivity index is 1.56. The molecule has 7 nitrogen and oxygen atoms in total. The number of guanidine groups is 1. The molecule has 3 aromatic rings. The van der Waals surface area contributed by atoms with Gasteiger partial charge < -0.3 is 19.9 Å². The highest BCUT2D eigenvalue weighted by atomic mass is 19.1. The van der Waals surface area contributed by atoms with Crippen LogP contribution in [0.5, 0.6) is 5.75 Å². The number of nitrogens with one attached hydrogen (secondary N) is 2. The van der Waals surface area contributed by atoms with Gasteiger partial charge in [0.2, 0.25) is 0 Å². The van der Waals surface area contributed by atoms with Gasteiger partial charge in [0.05, 0.1) is 13.7 Å². The minimum absolute atomic E-state index is 0.246. The van der Waals surface area contributed by atoms with Gasteiger partial charge in [0.25, 0.3) is 0 Å². The molecule has 8 heteroatoms. The van der Waals surface area contributed by atoms with E-state index in [-0.39, 0.29) is 5.82 Å². The standard InChI is InChI=1S/C23H29FN6O/c1-3-22-29-28-17-30(22)15-14-26-23(27-16-19-4-8-20(24)9-5-19)25-13-12-18-6-10-21(31-2)11-7-18/h4-11,17H,3,12-16H2,1-2H3,(H2,25,26,27). The van der Waals surface area contributed by atoms with Crippen LogP contribution in [-0.4, -0.2) is 40.9 Å². The Labute approximate surface area is 182 Å². The average Bonchev–Trinajstić information content (AvgIpc) is 3.26. The Morgan fingerprint density at radius 1 is 1.03 bits per heavy atom. The zero-order valence-corrected chi connectivity index (χ0v) is 18.0. The molecule has 0 atom stereocenters. The Bertz CT molecular complexity index is 953. The van der Waals surface area contributed by atoms with Crippen molar-refractivity contribution < 1.29 is 9.13 Å². The maximum absolute atomic E-state index is 13.1. The second kappa shape index (κ2) is 11.7. The van der Waals surface area contributed by atoms with E-state index in [4.69, 9.17) is 4.74 Å². The topological polar surface area (TPSA) is 76.4 Å². The highest BCUT2D eigenvalue weighted by Gasteiger charge is 2.04. The number of hydrogen-bond donors (Lipinski definition) is 2. The summed E-state index contributed by atoms with van der Waals surface area (Å²) < 4.78 is 20.4. The van der Waals surface area contributed by atoms with Crippen molar-refractivity contribution in [3.8, 4) is 5.75 Å². The zero-order valence-electron chi connectivity index (χ0n) is 18.0. The highest BCUT2D eigenvalue weighted by molar-refractivity contribution is 5.79. The van der Waals surface area contributed by atoms with Gasteiger partial charge in [-0.1, -0.05) is 31.2 Å². The third-order valence-corrected chi connectivity index (χ3v) is 4.86. The van der Waals surface area contributed by atoms with Crippen LogP contribution in [0.3, 0.4) is 0 Å². The Morgan fingerprint density at radius 2 is 1.74 bits per heavy atom. The number of aliphatic imine (C=N–C) groups is 1. The van der Waals surface area contributed by atoms with Crippen LogP contribution in [0.2, 0.25) is 0 Å². The van der Waals surface area contributed by atoms with E-state index in [1.165, 1.54) is 17.7 Å². The monoisotopic (exact) mass is 424 g/mol. The molecule has 164 valence electrons. The summed E-state index contributed by atoms with van der Waals surface area (Å²) in [6, 6.07) is 14.4. The van der Waals surface area contributed by atoms with Gasteiger partial charge in [0.15, 0.2) is 5.96 Å². The number of nitrogens with zero attached hydrogens (tertiary/aromatic N) is 4. The van der Waals surface area contributed by atoms with Crippen LogP contribution in [0.4, 0.5) is 4.39 Å². The van der Waals surface area contributed by atoms with E-state index in [0.29, 0.717) is 19.0 Å². The van der Waals surface area contributed by atoms with Crippen molar-refractivity contribution in [3.05, 3.63) is 77.6 Å². The molecule has 0 saturated carbocycles. The van der Waals surface area contributed by atoms with E-state index in [1.54, 1.807) is 25.6 Å². The molecular formula is C23H29FN6O. The van der Waals surface area contributed by atoms with Crippen LogP contribution in [0.25, 0.3) is 0 Å². The number of methoxy groups -OCH3 is 1. The number of ether oxygens (including phenoxy) is 1. The number of halogens is 1. The lowest BCUT2D eigenvalue weighted by Gasteiger charge is -2.14. The maximum atomic E-state index is 13.1. The fourth-order valence-corrected chi connectivity index (χ4v) is 3.09. The van der Waals surface area contributed by atoms with Crippen molar-refractivity contribution >= 4 is 5.96 Å². The Morgan fingerprint density at radius 3 is 2.45 bits per heavy atom. The van der Waals surface area contributed by atoms with Crippen LogP contribution in [-0.2, 0) is 25.9 Å². The van der Waals surface area contributed by atoms with Crippen molar-refractivity contribution in [2.45, 2.75) is 32.9 Å². The molecule has 0 amide bonds. The van der Waals surface area contributed by atoms with Crippen LogP contribution >= 0.6 is 0 Å². The first-order valence-electron chi connectivity index (χ1n) is 10.4. The van der Waals surface area contributed by atoms with Gasteiger partial charge in [-0.05, 0) is 41.8 Å². The molecule has 2 N–H and O–H groups in total. The van der Waals surface area contributed by atoms with E-state index in [9.17, 15) is 4.39 Å². The first-order chi connectivity index (χ1) is 15.2. The van der Waals surface area contributed by atoms with Crippen LogP contribution in [0.15, 0.2) is 59.9 Å². The third kappa shape index (κ3) is 7.09. The summed E-state index contributed by atoms with van der Waals surface area (Å²) in [6.45, 7) is 4.68. The first kappa shape index (κ1) is 22.3. The number of hydrogen-bond acceptors (Lipinski definition) is 4. The minimum atomic E-state index is -0.246. The van der Waals surface area contributed by atoms with Crippen LogP contribution in [0, 0.1) is 5.82 Å². The molecule has 3 rings (SSSR count). The normalized spacial score (nSPS) is 11.4. The molecule has 0 radical (unpaired) electrons. The summed E-state index contributed by atoms with van der Waals surface area (Å²) in [5, 5.41) is 14.8. The van der Waals surface area contributed by atoms with Gasteiger partial charge >= 0.3 is 0 Å². The molecule has 0 unspecified atom stereocenters. The smallest absolute Gasteiger partial charge is 0.191 e. The molecule has 0 fully saturated rings. The van der Waals surface area contributed by atoms with Gasteiger partial charge in [-0.15, -0.1) is 10.2 Å². The average molecular weight is 425 g/mol. The van der Waals surface area contributed by atoms with Gasteiger partial charge in [-0.2, -0.15) is 0 Å². The maximum Gasteiger partial charge on any atom is 0.191 e. The lowest BCUT2D eigenvalue weighted by molar-refractivity contribution is 0.414. The number of aryl methyl sites for hydroxylation is 1. The predicted octanol–water partition coefficient (Wildman–Crippen LogP) is 2.97. The summed E-state index contributed by atoms with van der Waals surface area (Å²) in [6.07, 6.45) is 3.44. The molecule has 1 aromatic heterocycles. The summed E-state index contributed by atoms with van der Waals surface area (Å²) >= 11 is 0. The largest absolute Gasteiger partial charge is 0.497 e. The fourth-order valence-electron chi connectivity index (χ4n) is 3.09. The second-order valence-electron chi connectivity index (χ2n) is 7.04. The minimum Gasteiger partial charge on any atom is -0.497 e. The molecule has 0 aliphatic carbocycles. The van der Waals surface area contributed by atoms with E-state index < -0.39 is 0 Å². The van der Waals surface area contributed by atoms with Gasteiger partial charge in [0, 0.05) is 26.1 Å². The summed E-state index contributed by atoms with van der Waals surface area (Å²) in [5.41, 5.74) is 2.16. The molecule has 0 spiro atoms. The number of rotatable bonds is 10. The summed E-state index contributed by atoms with van der Waals surface area (Å²) in [7, 11) is 1.66. The van der Waals surface area contributed by atoms with Gasteiger partial charge in [-0.25, -0.2) is 9.38 Å². The molecule has 0 aliphatic heterocycles. The lowest BCUT2D eigenvalue weighted by Crippen LogP contribution is -2.40. The van der Waals surface area contributed by atoms with Crippen LogP contribution < -0.4 is 15.4 Å². The first-order valence-corrected chi connectivity index (χ1v) is 10.4. The molecule has 0 saturated heterocycles. The third-order valence-electron chi connectivity index (χ3n) is 4.86. The Kier molecular flexibility index (Phi) is 8.39. The molecule has 2 aromatic carbocycles. The molecule has 0 bridgehead atoms. The molecule has 1 heterocycles. The molecular weight excluding hydrogens is 395 g/mol. The van der Waals surface area contributed by atoms with Crippen molar-refractivity contribution in [2.75, 3.05) is 20.2 Å². The highest BCUT2D eigenvalue weighted by Crippen LogP contribution is 2.11. The fraction of sp³-hybridized carbons (Fsp3) is 0.348. The van der Waals surface area contributed by atoms with E-state index in [2.05, 4.69) is 44.9 Å². The summed E-state index contributed by atoms with van der Waals surface area (Å²) in [4.78, 5) is 4.66.